The third-order valence-corrected chi connectivity index (χ3v) is 1.53. The molecule has 0 aromatic rings. The molecule has 106 valence electrons. The van der Waals surface area contributed by atoms with Gasteiger partial charge >= 0.3 is 0 Å². The van der Waals surface area contributed by atoms with Crippen LogP contribution in [0.2, 0.25) is 0 Å². The minimum absolute atomic E-state index is 0.816. The zero-order chi connectivity index (χ0) is 14.5. The van der Waals surface area contributed by atoms with Crippen LogP contribution in [0, 0.1) is 5.92 Å². The predicted molar refractivity (Wildman–Crippen MR) is 86.7 cm³/mol. The number of allylic oxidation sites excluding steroid dienone is 4. The second-order valence-corrected chi connectivity index (χ2v) is 3.56. The summed E-state index contributed by atoms with van der Waals surface area (Å²) in [6.07, 6.45) is 12.3. The highest BCUT2D eigenvalue weighted by Gasteiger charge is 1.83. The molecule has 0 amide bonds. The molecule has 0 aromatic heterocycles. The summed E-state index contributed by atoms with van der Waals surface area (Å²) in [7, 11) is 0. The quantitative estimate of drug-likeness (QED) is 0.464. The zero-order valence-electron chi connectivity index (χ0n) is 14.0. The van der Waals surface area contributed by atoms with Crippen molar-refractivity contribution >= 4 is 0 Å². The Hall–Kier alpha value is -0.520. The molecule has 0 rings (SSSR count). The molecule has 0 radical (unpaired) electrons. The third kappa shape index (κ3) is 67.0. The van der Waals surface area contributed by atoms with Gasteiger partial charge in [0.2, 0.25) is 0 Å². The molecule has 0 saturated carbocycles. The van der Waals surface area contributed by atoms with Crippen LogP contribution in [-0.2, 0) is 0 Å². The molecule has 0 nitrogen and oxygen atoms in total. The largest absolute Gasteiger partial charge is 0.0917 e. The van der Waals surface area contributed by atoms with E-state index >= 15 is 0 Å². The van der Waals surface area contributed by atoms with Crippen LogP contribution in [-0.4, -0.2) is 0 Å². The lowest BCUT2D eigenvalue weighted by Gasteiger charge is -1.93. The van der Waals surface area contributed by atoms with Crippen molar-refractivity contribution in [1.29, 1.82) is 0 Å². The normalized spacial score (nSPS) is 9.06. The van der Waals surface area contributed by atoms with Gasteiger partial charge in [-0.05, 0) is 32.6 Å². The molecule has 0 aliphatic carbocycles. The van der Waals surface area contributed by atoms with Crippen molar-refractivity contribution in [3.63, 3.8) is 0 Å². The number of hydrogen-bond acceptors (Lipinski definition) is 0. The Kier molecular flexibility index (Phi) is 53.9. The third-order valence-electron chi connectivity index (χ3n) is 1.53. The molecule has 0 atom stereocenters. The molecule has 0 bridgehead atoms. The summed E-state index contributed by atoms with van der Waals surface area (Å²) >= 11 is 0. The summed E-state index contributed by atoms with van der Waals surface area (Å²) in [5.74, 6) is 0.816. The first-order valence-corrected chi connectivity index (χ1v) is 7.41. The minimum atomic E-state index is 0.816. The van der Waals surface area contributed by atoms with Crippen LogP contribution in [0.25, 0.3) is 0 Å². The van der Waals surface area contributed by atoms with E-state index in [1.54, 1.807) is 0 Å². The average Bonchev–Trinajstić information content (AvgIpc) is 2.39. The first-order chi connectivity index (χ1) is 8.18. The standard InChI is InChI=1S/C7H14.C6H12.2C2H6/c1-4-5-6-7(2)3;1-3-5-6-4-2;2*1-2/h4-5,7H,6H2,1-3H3;3,5H,4,6H2,1-2H3;2*1-2H3/b5-4-;5-3-;;. The number of rotatable bonds is 4. The summed E-state index contributed by atoms with van der Waals surface area (Å²) < 4.78 is 0. The van der Waals surface area contributed by atoms with Gasteiger partial charge in [0.05, 0.1) is 0 Å². The Labute approximate surface area is 112 Å². The average molecular weight is 242 g/mol. The molecule has 0 spiro atoms. The molecule has 0 heteroatoms. The Morgan fingerprint density at radius 2 is 1.24 bits per heavy atom. The van der Waals surface area contributed by atoms with Crippen LogP contribution < -0.4 is 0 Å². The second kappa shape index (κ2) is 36.1. The summed E-state index contributed by atoms with van der Waals surface area (Å²) in [5, 5.41) is 0. The van der Waals surface area contributed by atoms with Gasteiger partial charge in [0, 0.05) is 0 Å². The van der Waals surface area contributed by atoms with Crippen LogP contribution in [0.1, 0.15) is 81.6 Å². The molecule has 0 heterocycles. The highest BCUT2D eigenvalue weighted by molar-refractivity contribution is 4.77. The van der Waals surface area contributed by atoms with Crippen molar-refractivity contribution < 1.29 is 0 Å². The molecular weight excluding hydrogens is 204 g/mol. The van der Waals surface area contributed by atoms with Crippen molar-refractivity contribution in [3.8, 4) is 0 Å². The Morgan fingerprint density at radius 1 is 0.824 bits per heavy atom. The molecule has 0 aromatic carbocycles. The second-order valence-electron chi connectivity index (χ2n) is 3.56. The first kappa shape index (κ1) is 25.4. The van der Waals surface area contributed by atoms with Crippen LogP contribution in [0.3, 0.4) is 0 Å². The van der Waals surface area contributed by atoms with E-state index in [4.69, 9.17) is 0 Å². The van der Waals surface area contributed by atoms with E-state index in [9.17, 15) is 0 Å². The number of hydrogen-bond donors (Lipinski definition) is 0. The zero-order valence-corrected chi connectivity index (χ0v) is 14.0. The van der Waals surface area contributed by atoms with Gasteiger partial charge in [-0.2, -0.15) is 0 Å². The molecule has 0 aliphatic heterocycles. The van der Waals surface area contributed by atoms with E-state index in [1.807, 2.05) is 27.7 Å². The Morgan fingerprint density at radius 3 is 1.35 bits per heavy atom. The topological polar surface area (TPSA) is 0 Å². The Balaban J connectivity index is -0.0000000772. The lowest BCUT2D eigenvalue weighted by atomic mass is 10.1. The van der Waals surface area contributed by atoms with E-state index in [1.165, 1.54) is 19.3 Å². The predicted octanol–water partition coefficient (Wildman–Crippen LogP) is 7.02. The van der Waals surface area contributed by atoms with Crippen LogP contribution in [0.15, 0.2) is 24.3 Å². The van der Waals surface area contributed by atoms with Crippen molar-refractivity contribution in [3.05, 3.63) is 24.3 Å². The van der Waals surface area contributed by atoms with Crippen molar-refractivity contribution in [2.75, 3.05) is 0 Å². The fourth-order valence-electron chi connectivity index (χ4n) is 0.742. The van der Waals surface area contributed by atoms with E-state index in [0.29, 0.717) is 0 Å². The van der Waals surface area contributed by atoms with Gasteiger partial charge < -0.3 is 0 Å². The van der Waals surface area contributed by atoms with E-state index in [2.05, 4.69) is 58.9 Å². The van der Waals surface area contributed by atoms with E-state index in [-0.39, 0.29) is 0 Å². The molecular formula is C17H38. The summed E-state index contributed by atoms with van der Waals surface area (Å²) in [4.78, 5) is 0. The van der Waals surface area contributed by atoms with Gasteiger partial charge in [0.15, 0.2) is 0 Å². The van der Waals surface area contributed by atoms with Gasteiger partial charge in [-0.1, -0.05) is 79.2 Å². The van der Waals surface area contributed by atoms with Crippen molar-refractivity contribution in [2.24, 2.45) is 5.92 Å². The monoisotopic (exact) mass is 242 g/mol. The maximum atomic E-state index is 2.22. The van der Waals surface area contributed by atoms with Crippen LogP contribution in [0.4, 0.5) is 0 Å². The maximum absolute atomic E-state index is 2.22. The molecule has 0 unspecified atom stereocenters. The molecule has 0 N–H and O–H groups in total. The Bertz CT molecular complexity index is 118. The summed E-state index contributed by atoms with van der Waals surface area (Å²) in [6, 6.07) is 0. The molecule has 0 aliphatic rings. The van der Waals surface area contributed by atoms with Gasteiger partial charge in [0.25, 0.3) is 0 Å². The summed E-state index contributed by atoms with van der Waals surface area (Å²) in [5.41, 5.74) is 0. The van der Waals surface area contributed by atoms with Gasteiger partial charge in [-0.25, -0.2) is 0 Å². The molecule has 0 fully saturated rings. The fraction of sp³-hybridized carbons (Fsp3) is 0.765. The first-order valence-electron chi connectivity index (χ1n) is 7.41. The highest BCUT2D eigenvalue weighted by Crippen LogP contribution is 1.98. The molecule has 17 heavy (non-hydrogen) atoms. The minimum Gasteiger partial charge on any atom is -0.0917 e. The summed E-state index contributed by atoms with van der Waals surface area (Å²) in [6.45, 7) is 18.7. The SMILES string of the molecule is C/C=C\CC(C)C.C/C=C\CCC.CC.CC. The van der Waals surface area contributed by atoms with Crippen molar-refractivity contribution in [2.45, 2.75) is 81.6 Å². The van der Waals surface area contributed by atoms with E-state index < -0.39 is 0 Å². The lowest BCUT2D eigenvalue weighted by Crippen LogP contribution is -1.79. The van der Waals surface area contributed by atoms with Crippen LogP contribution in [0.5, 0.6) is 0 Å². The fourth-order valence-corrected chi connectivity index (χ4v) is 0.742. The van der Waals surface area contributed by atoms with Crippen LogP contribution >= 0.6 is 0 Å². The highest BCUT2D eigenvalue weighted by atomic mass is 13.9. The van der Waals surface area contributed by atoms with Gasteiger partial charge in [-0.3, -0.25) is 0 Å². The lowest BCUT2D eigenvalue weighted by molar-refractivity contribution is 0.663. The van der Waals surface area contributed by atoms with Gasteiger partial charge in [-0.15, -0.1) is 0 Å². The molecule has 0 saturated heterocycles. The van der Waals surface area contributed by atoms with Gasteiger partial charge in [0.1, 0.15) is 0 Å². The maximum Gasteiger partial charge on any atom is -0.0328 e. The van der Waals surface area contributed by atoms with Crippen molar-refractivity contribution in [1.82, 2.24) is 0 Å². The number of unbranched alkanes of at least 4 members (excludes halogenated alkanes) is 1. The van der Waals surface area contributed by atoms with E-state index in [0.717, 1.165) is 5.92 Å². The smallest absolute Gasteiger partial charge is 0.0328 e.